The first-order chi connectivity index (χ1) is 14.9. The van der Waals surface area contributed by atoms with Gasteiger partial charge in [0.25, 0.3) is 5.91 Å². The molecular weight excluding hydrogens is 510 g/mol. The summed E-state index contributed by atoms with van der Waals surface area (Å²) >= 11 is 15.3. The predicted octanol–water partition coefficient (Wildman–Crippen LogP) is 6.25. The molecule has 0 spiro atoms. The summed E-state index contributed by atoms with van der Waals surface area (Å²) in [6.45, 7) is 0.237. The van der Waals surface area contributed by atoms with E-state index in [0.29, 0.717) is 26.6 Å². The van der Waals surface area contributed by atoms with Gasteiger partial charge in [-0.2, -0.15) is 5.10 Å². The van der Waals surface area contributed by atoms with Gasteiger partial charge in [-0.1, -0.05) is 35.3 Å². The molecule has 1 N–H and O–H groups in total. The fraction of sp³-hybridized carbons (Fsp3) is 0.0909. The van der Waals surface area contributed by atoms with Crippen LogP contribution in [0.4, 0.5) is 4.39 Å². The summed E-state index contributed by atoms with van der Waals surface area (Å²) in [6, 6.07) is 14.1. The van der Waals surface area contributed by atoms with Crippen LogP contribution in [0.15, 0.2) is 64.2 Å². The number of hydrogen-bond acceptors (Lipinski definition) is 4. The van der Waals surface area contributed by atoms with E-state index in [2.05, 4.69) is 26.5 Å². The van der Waals surface area contributed by atoms with Gasteiger partial charge >= 0.3 is 0 Å². The second-order valence-corrected chi connectivity index (χ2v) is 7.97. The fourth-order valence-electron chi connectivity index (χ4n) is 2.59. The van der Waals surface area contributed by atoms with E-state index < -0.39 is 5.91 Å². The molecule has 0 fully saturated rings. The molecule has 0 aliphatic rings. The molecule has 0 radical (unpaired) electrons. The monoisotopic (exact) mass is 524 g/mol. The minimum atomic E-state index is -0.469. The van der Waals surface area contributed by atoms with Crippen LogP contribution in [0.1, 0.15) is 21.5 Å². The van der Waals surface area contributed by atoms with Gasteiger partial charge in [-0.25, -0.2) is 9.82 Å². The lowest BCUT2D eigenvalue weighted by Crippen LogP contribution is -2.18. The molecule has 5 nitrogen and oxygen atoms in total. The normalized spacial score (nSPS) is 10.9. The molecule has 0 aliphatic carbocycles. The van der Waals surface area contributed by atoms with Crippen LogP contribution in [0, 0.1) is 5.82 Å². The summed E-state index contributed by atoms with van der Waals surface area (Å²) in [4.78, 5) is 12.2. The van der Waals surface area contributed by atoms with E-state index in [9.17, 15) is 9.18 Å². The van der Waals surface area contributed by atoms with E-state index in [1.807, 2.05) is 0 Å². The molecule has 3 aromatic carbocycles. The molecule has 3 aromatic rings. The number of hydrazone groups is 1. The topological polar surface area (TPSA) is 59.9 Å². The lowest BCUT2D eigenvalue weighted by Gasteiger charge is -2.13. The number of nitrogens with zero attached hydrogens (tertiary/aromatic N) is 1. The molecule has 0 aliphatic heterocycles. The average molecular weight is 526 g/mol. The number of rotatable bonds is 7. The van der Waals surface area contributed by atoms with Gasteiger partial charge in [0.1, 0.15) is 12.4 Å². The van der Waals surface area contributed by atoms with Crippen molar-refractivity contribution in [1.29, 1.82) is 0 Å². The van der Waals surface area contributed by atoms with E-state index in [-0.39, 0.29) is 23.0 Å². The molecule has 0 saturated heterocycles. The molecule has 0 atom stereocenters. The standard InChI is InChI=1S/C22H16BrCl2FN2O3/c1-30-20-9-14(11-27-28-22(29)17-7-4-15(24)10-19(17)25)8-18(23)21(20)31-12-13-2-5-16(26)6-3-13/h2-11H,12H2,1H3,(H,28,29)/b27-11-. The third-order valence-corrected chi connectivity index (χ3v) is 5.24. The number of carbonyl (C=O) groups is 1. The van der Waals surface area contributed by atoms with Gasteiger partial charge in [0.2, 0.25) is 0 Å². The Morgan fingerprint density at radius 2 is 1.90 bits per heavy atom. The second-order valence-electron chi connectivity index (χ2n) is 6.27. The fourth-order valence-corrected chi connectivity index (χ4v) is 3.66. The Kier molecular flexibility index (Phi) is 7.90. The smallest absolute Gasteiger partial charge is 0.272 e. The first-order valence-electron chi connectivity index (χ1n) is 8.90. The van der Waals surface area contributed by atoms with Crippen molar-refractivity contribution in [3.8, 4) is 11.5 Å². The maximum atomic E-state index is 13.0. The van der Waals surface area contributed by atoms with Crippen LogP contribution in [-0.4, -0.2) is 19.2 Å². The highest BCUT2D eigenvalue weighted by atomic mass is 79.9. The number of amides is 1. The van der Waals surface area contributed by atoms with Gasteiger partial charge in [0.05, 0.1) is 28.4 Å². The summed E-state index contributed by atoms with van der Waals surface area (Å²) < 4.78 is 24.9. The number of benzene rings is 3. The van der Waals surface area contributed by atoms with E-state index in [0.717, 1.165) is 5.56 Å². The number of nitrogens with one attached hydrogen (secondary N) is 1. The van der Waals surface area contributed by atoms with Gasteiger partial charge in [0, 0.05) is 5.02 Å². The highest BCUT2D eigenvalue weighted by Gasteiger charge is 2.13. The third kappa shape index (κ3) is 6.19. The van der Waals surface area contributed by atoms with Crippen LogP contribution in [0.25, 0.3) is 0 Å². The maximum Gasteiger partial charge on any atom is 0.272 e. The average Bonchev–Trinajstić information content (AvgIpc) is 2.73. The van der Waals surface area contributed by atoms with E-state index in [1.165, 1.54) is 37.6 Å². The summed E-state index contributed by atoms with van der Waals surface area (Å²) in [7, 11) is 1.51. The van der Waals surface area contributed by atoms with Gasteiger partial charge in [0.15, 0.2) is 11.5 Å². The molecule has 9 heteroatoms. The van der Waals surface area contributed by atoms with Crippen molar-refractivity contribution in [1.82, 2.24) is 5.43 Å². The van der Waals surface area contributed by atoms with Crippen molar-refractivity contribution in [2.24, 2.45) is 5.10 Å². The Morgan fingerprint density at radius 1 is 1.16 bits per heavy atom. The van der Waals surface area contributed by atoms with Gasteiger partial charge in [-0.3, -0.25) is 4.79 Å². The second kappa shape index (κ2) is 10.6. The Hall–Kier alpha value is -2.61. The first-order valence-corrected chi connectivity index (χ1v) is 10.5. The quantitative estimate of drug-likeness (QED) is 0.293. The lowest BCUT2D eigenvalue weighted by molar-refractivity contribution is 0.0955. The zero-order valence-electron chi connectivity index (χ0n) is 16.2. The Balaban J connectivity index is 1.69. The highest BCUT2D eigenvalue weighted by Crippen LogP contribution is 2.36. The molecule has 0 aromatic heterocycles. The summed E-state index contributed by atoms with van der Waals surface area (Å²) in [6.07, 6.45) is 1.46. The minimum absolute atomic E-state index is 0.229. The van der Waals surface area contributed by atoms with Crippen LogP contribution in [-0.2, 0) is 6.61 Å². The van der Waals surface area contributed by atoms with Crippen LogP contribution >= 0.6 is 39.1 Å². The molecule has 160 valence electrons. The van der Waals surface area contributed by atoms with Crippen molar-refractivity contribution >= 4 is 51.3 Å². The van der Waals surface area contributed by atoms with Crippen molar-refractivity contribution in [2.75, 3.05) is 7.11 Å². The molecule has 3 rings (SSSR count). The Labute approximate surface area is 196 Å². The molecular formula is C22H16BrCl2FN2O3. The van der Waals surface area contributed by atoms with E-state index in [1.54, 1.807) is 30.3 Å². The molecule has 0 bridgehead atoms. The number of halogens is 4. The van der Waals surface area contributed by atoms with Crippen molar-refractivity contribution in [2.45, 2.75) is 6.61 Å². The molecule has 0 heterocycles. The van der Waals surface area contributed by atoms with E-state index >= 15 is 0 Å². The lowest BCUT2D eigenvalue weighted by atomic mass is 10.2. The molecule has 31 heavy (non-hydrogen) atoms. The summed E-state index contributed by atoms with van der Waals surface area (Å²) in [5, 5.41) is 4.62. The number of carbonyl (C=O) groups excluding carboxylic acids is 1. The van der Waals surface area contributed by atoms with Crippen LogP contribution < -0.4 is 14.9 Å². The van der Waals surface area contributed by atoms with Gasteiger partial charge in [-0.05, 0) is 69.5 Å². The maximum absolute atomic E-state index is 13.0. The number of methoxy groups -OCH3 is 1. The van der Waals surface area contributed by atoms with Crippen LogP contribution in [0.2, 0.25) is 10.0 Å². The van der Waals surface area contributed by atoms with Gasteiger partial charge in [-0.15, -0.1) is 0 Å². The third-order valence-electron chi connectivity index (χ3n) is 4.10. The number of ether oxygens (including phenoxy) is 2. The van der Waals surface area contributed by atoms with E-state index in [4.69, 9.17) is 32.7 Å². The van der Waals surface area contributed by atoms with Crippen LogP contribution in [0.3, 0.4) is 0 Å². The summed E-state index contributed by atoms with van der Waals surface area (Å²) in [5.41, 5.74) is 4.13. The molecule has 1 amide bonds. The molecule has 0 saturated carbocycles. The predicted molar refractivity (Wildman–Crippen MR) is 123 cm³/mol. The van der Waals surface area contributed by atoms with Crippen LogP contribution in [0.5, 0.6) is 11.5 Å². The first kappa shape index (κ1) is 23.1. The van der Waals surface area contributed by atoms with Crippen molar-refractivity contribution in [3.05, 3.63) is 91.6 Å². The number of hydrogen-bond donors (Lipinski definition) is 1. The Morgan fingerprint density at radius 3 is 2.58 bits per heavy atom. The highest BCUT2D eigenvalue weighted by molar-refractivity contribution is 9.10. The van der Waals surface area contributed by atoms with Crippen molar-refractivity contribution in [3.63, 3.8) is 0 Å². The van der Waals surface area contributed by atoms with Gasteiger partial charge < -0.3 is 9.47 Å². The Bertz CT molecular complexity index is 1120. The molecule has 0 unspecified atom stereocenters. The largest absolute Gasteiger partial charge is 0.493 e. The van der Waals surface area contributed by atoms with Crippen molar-refractivity contribution < 1.29 is 18.7 Å². The zero-order chi connectivity index (χ0) is 22.4. The minimum Gasteiger partial charge on any atom is -0.493 e. The SMILES string of the molecule is COc1cc(/C=N\NC(=O)c2ccc(Cl)cc2Cl)cc(Br)c1OCc1ccc(F)cc1. The zero-order valence-corrected chi connectivity index (χ0v) is 19.3. The summed E-state index contributed by atoms with van der Waals surface area (Å²) in [5.74, 6) is 0.172.